The van der Waals surface area contributed by atoms with Crippen molar-refractivity contribution in [3.05, 3.63) is 0 Å². The van der Waals surface area contributed by atoms with Gasteiger partial charge >= 0.3 is 5.97 Å². The number of esters is 1. The minimum absolute atomic E-state index is 0.0952. The highest BCUT2D eigenvalue weighted by Crippen LogP contribution is 2.25. The van der Waals surface area contributed by atoms with Gasteiger partial charge in [-0.05, 0) is 11.8 Å². The molecule has 5 nitrogen and oxygen atoms in total. The first kappa shape index (κ1) is 15.0. The SMILES string of the molecule is COCC(C)CC(=O)N1CC(C)C(C(=O)OC)C1. The number of likely N-dealkylation sites (tertiary alicyclic amines) is 1. The Hall–Kier alpha value is -1.10. The standard InChI is InChI=1S/C13H23NO4/c1-9(8-17-3)5-12(15)14-6-10(2)11(7-14)13(16)18-4/h9-11H,5-8H2,1-4H3. The monoisotopic (exact) mass is 257 g/mol. The molecule has 104 valence electrons. The Balaban J connectivity index is 2.49. The van der Waals surface area contributed by atoms with Gasteiger partial charge in [-0.3, -0.25) is 9.59 Å². The van der Waals surface area contributed by atoms with Crippen molar-refractivity contribution in [2.45, 2.75) is 20.3 Å². The Bertz CT molecular complexity index is 305. The van der Waals surface area contributed by atoms with Gasteiger partial charge in [-0.2, -0.15) is 0 Å². The molecule has 1 aliphatic rings. The van der Waals surface area contributed by atoms with Crippen molar-refractivity contribution in [1.29, 1.82) is 0 Å². The summed E-state index contributed by atoms with van der Waals surface area (Å²) in [5, 5.41) is 0. The number of nitrogens with zero attached hydrogens (tertiary/aromatic N) is 1. The Morgan fingerprint density at radius 2 is 2.00 bits per heavy atom. The molecule has 0 bridgehead atoms. The maximum absolute atomic E-state index is 12.1. The van der Waals surface area contributed by atoms with E-state index in [4.69, 9.17) is 9.47 Å². The third kappa shape index (κ3) is 3.70. The molecule has 5 heteroatoms. The van der Waals surface area contributed by atoms with E-state index in [0.717, 1.165) is 0 Å². The molecule has 0 aromatic carbocycles. The summed E-state index contributed by atoms with van der Waals surface area (Å²) in [6.45, 7) is 5.66. The van der Waals surface area contributed by atoms with E-state index in [9.17, 15) is 9.59 Å². The Labute approximate surface area is 108 Å². The topological polar surface area (TPSA) is 55.8 Å². The lowest BCUT2D eigenvalue weighted by molar-refractivity contribution is -0.146. The Morgan fingerprint density at radius 1 is 1.33 bits per heavy atom. The number of hydrogen-bond donors (Lipinski definition) is 0. The second kappa shape index (κ2) is 6.73. The predicted octanol–water partition coefficient (Wildman–Crippen LogP) is 0.927. The molecule has 0 aromatic rings. The lowest BCUT2D eigenvalue weighted by atomic mass is 9.99. The number of hydrogen-bond acceptors (Lipinski definition) is 4. The molecule has 0 aromatic heterocycles. The third-order valence-corrected chi connectivity index (χ3v) is 3.44. The van der Waals surface area contributed by atoms with Crippen molar-refractivity contribution in [2.75, 3.05) is 33.9 Å². The predicted molar refractivity (Wildman–Crippen MR) is 66.9 cm³/mol. The van der Waals surface area contributed by atoms with Crippen LogP contribution in [0, 0.1) is 17.8 Å². The van der Waals surface area contributed by atoms with Gasteiger partial charge in [0, 0.05) is 33.2 Å². The molecule has 1 aliphatic heterocycles. The largest absolute Gasteiger partial charge is 0.469 e. The fraction of sp³-hybridized carbons (Fsp3) is 0.846. The van der Waals surface area contributed by atoms with E-state index in [2.05, 4.69) is 0 Å². The van der Waals surface area contributed by atoms with Crippen molar-refractivity contribution in [1.82, 2.24) is 4.90 Å². The Morgan fingerprint density at radius 3 is 2.56 bits per heavy atom. The van der Waals surface area contributed by atoms with Gasteiger partial charge in [0.1, 0.15) is 0 Å². The van der Waals surface area contributed by atoms with Gasteiger partial charge in [0.25, 0.3) is 0 Å². The van der Waals surface area contributed by atoms with Gasteiger partial charge in [0.15, 0.2) is 0 Å². The van der Waals surface area contributed by atoms with Gasteiger partial charge < -0.3 is 14.4 Å². The van der Waals surface area contributed by atoms with Gasteiger partial charge in [0.05, 0.1) is 13.0 Å². The van der Waals surface area contributed by atoms with Crippen LogP contribution in [0.1, 0.15) is 20.3 Å². The fourth-order valence-corrected chi connectivity index (χ4v) is 2.40. The molecule has 1 rings (SSSR count). The molecule has 3 unspecified atom stereocenters. The molecule has 1 amide bonds. The number of carbonyl (C=O) groups excluding carboxylic acids is 2. The van der Waals surface area contributed by atoms with Crippen LogP contribution < -0.4 is 0 Å². The second-order valence-electron chi connectivity index (χ2n) is 5.17. The summed E-state index contributed by atoms with van der Waals surface area (Å²) in [6, 6.07) is 0. The van der Waals surface area contributed by atoms with E-state index in [1.54, 1.807) is 12.0 Å². The van der Waals surface area contributed by atoms with E-state index in [-0.39, 0.29) is 29.6 Å². The summed E-state index contributed by atoms with van der Waals surface area (Å²) in [7, 11) is 3.02. The van der Waals surface area contributed by atoms with Crippen molar-refractivity contribution < 1.29 is 19.1 Å². The van der Waals surface area contributed by atoms with E-state index in [1.807, 2.05) is 13.8 Å². The van der Waals surface area contributed by atoms with Gasteiger partial charge in [-0.25, -0.2) is 0 Å². The maximum Gasteiger partial charge on any atom is 0.310 e. The van der Waals surface area contributed by atoms with Crippen LogP contribution in [-0.4, -0.2) is 50.7 Å². The zero-order valence-corrected chi connectivity index (χ0v) is 11.6. The molecule has 0 aliphatic carbocycles. The summed E-state index contributed by atoms with van der Waals surface area (Å²) >= 11 is 0. The van der Waals surface area contributed by atoms with Crippen LogP contribution in [0.25, 0.3) is 0 Å². The van der Waals surface area contributed by atoms with Crippen LogP contribution in [0.5, 0.6) is 0 Å². The molecular weight excluding hydrogens is 234 g/mol. The molecular formula is C13H23NO4. The van der Waals surface area contributed by atoms with Gasteiger partial charge in [-0.1, -0.05) is 13.8 Å². The number of rotatable bonds is 5. The van der Waals surface area contributed by atoms with Crippen molar-refractivity contribution in [2.24, 2.45) is 17.8 Å². The molecule has 3 atom stereocenters. The van der Waals surface area contributed by atoms with Crippen molar-refractivity contribution >= 4 is 11.9 Å². The molecule has 0 N–H and O–H groups in total. The first-order chi connectivity index (χ1) is 8.49. The quantitative estimate of drug-likeness (QED) is 0.687. The molecule has 1 fully saturated rings. The molecule has 1 heterocycles. The van der Waals surface area contributed by atoms with E-state index < -0.39 is 0 Å². The average Bonchev–Trinajstić information content (AvgIpc) is 2.70. The van der Waals surface area contributed by atoms with Crippen LogP contribution >= 0.6 is 0 Å². The summed E-state index contributed by atoms with van der Waals surface area (Å²) in [6.07, 6.45) is 0.467. The molecule has 0 spiro atoms. The molecule has 1 saturated heterocycles. The molecule has 0 saturated carbocycles. The fourth-order valence-electron chi connectivity index (χ4n) is 2.40. The maximum atomic E-state index is 12.1. The zero-order chi connectivity index (χ0) is 13.7. The van der Waals surface area contributed by atoms with Crippen LogP contribution in [0.2, 0.25) is 0 Å². The third-order valence-electron chi connectivity index (χ3n) is 3.44. The lowest BCUT2D eigenvalue weighted by Gasteiger charge is -2.18. The van der Waals surface area contributed by atoms with Crippen molar-refractivity contribution in [3.8, 4) is 0 Å². The van der Waals surface area contributed by atoms with Crippen LogP contribution in [0.3, 0.4) is 0 Å². The van der Waals surface area contributed by atoms with Crippen LogP contribution in [-0.2, 0) is 19.1 Å². The van der Waals surface area contributed by atoms with E-state index in [0.29, 0.717) is 26.1 Å². The van der Waals surface area contributed by atoms with E-state index >= 15 is 0 Å². The summed E-state index contributed by atoms with van der Waals surface area (Å²) in [4.78, 5) is 25.4. The summed E-state index contributed by atoms with van der Waals surface area (Å²) in [5.41, 5.74) is 0. The highest BCUT2D eigenvalue weighted by molar-refractivity contribution is 5.79. The second-order valence-corrected chi connectivity index (χ2v) is 5.17. The first-order valence-corrected chi connectivity index (χ1v) is 6.34. The van der Waals surface area contributed by atoms with Gasteiger partial charge in [0.2, 0.25) is 5.91 Å². The number of methoxy groups -OCH3 is 2. The summed E-state index contributed by atoms with van der Waals surface area (Å²) in [5.74, 6) is 0.0614. The normalized spacial score (nSPS) is 25.0. The summed E-state index contributed by atoms with van der Waals surface area (Å²) < 4.78 is 9.78. The lowest BCUT2D eigenvalue weighted by Crippen LogP contribution is -2.31. The minimum Gasteiger partial charge on any atom is -0.469 e. The van der Waals surface area contributed by atoms with Crippen LogP contribution in [0.15, 0.2) is 0 Å². The Kier molecular flexibility index (Phi) is 5.59. The number of ether oxygens (including phenoxy) is 2. The number of carbonyl (C=O) groups is 2. The van der Waals surface area contributed by atoms with Gasteiger partial charge in [-0.15, -0.1) is 0 Å². The van der Waals surface area contributed by atoms with Crippen molar-refractivity contribution in [3.63, 3.8) is 0 Å². The number of amides is 1. The zero-order valence-electron chi connectivity index (χ0n) is 11.6. The first-order valence-electron chi connectivity index (χ1n) is 6.34. The highest BCUT2D eigenvalue weighted by Gasteiger charge is 2.37. The van der Waals surface area contributed by atoms with Crippen LogP contribution in [0.4, 0.5) is 0 Å². The average molecular weight is 257 g/mol. The molecule has 0 radical (unpaired) electrons. The minimum atomic E-state index is -0.220. The molecule has 18 heavy (non-hydrogen) atoms. The smallest absolute Gasteiger partial charge is 0.310 e. The van der Waals surface area contributed by atoms with E-state index in [1.165, 1.54) is 7.11 Å². The highest BCUT2D eigenvalue weighted by atomic mass is 16.5.